The maximum absolute atomic E-state index is 13.9. The Balaban J connectivity index is 1.63. The quantitative estimate of drug-likeness (QED) is 0.472. The zero-order valence-corrected chi connectivity index (χ0v) is 16.9. The number of rotatable bonds is 5. The minimum atomic E-state index is -0.465. The minimum Gasteiger partial charge on any atom is -0.494 e. The second-order valence-corrected chi connectivity index (χ2v) is 6.97. The Hall–Kier alpha value is -4.00. The lowest BCUT2D eigenvalue weighted by Gasteiger charge is -2.11. The largest absolute Gasteiger partial charge is 0.494 e. The van der Waals surface area contributed by atoms with E-state index in [4.69, 9.17) is 4.74 Å². The second-order valence-electron chi connectivity index (χ2n) is 6.97. The van der Waals surface area contributed by atoms with Gasteiger partial charge in [-0.1, -0.05) is 18.2 Å². The molecule has 0 aliphatic rings. The summed E-state index contributed by atoms with van der Waals surface area (Å²) < 4.78 is 34.1. The summed E-state index contributed by atoms with van der Waals surface area (Å²) in [7, 11) is 1.57. The monoisotopic (exact) mass is 419 g/mol. The molecule has 0 aliphatic carbocycles. The Morgan fingerprint density at radius 1 is 0.968 bits per heavy atom. The summed E-state index contributed by atoms with van der Waals surface area (Å²) in [5.74, 6) is -0.700. The van der Waals surface area contributed by atoms with Crippen LogP contribution in [-0.4, -0.2) is 22.8 Å². The number of nitrogens with one attached hydrogen (secondary N) is 1. The molecular weight excluding hydrogens is 400 g/mol. The van der Waals surface area contributed by atoms with E-state index in [1.54, 1.807) is 24.1 Å². The number of ether oxygens (including phenoxy) is 1. The molecule has 1 heterocycles. The van der Waals surface area contributed by atoms with Crippen molar-refractivity contribution in [3.8, 4) is 22.6 Å². The molecule has 1 aromatic heterocycles. The van der Waals surface area contributed by atoms with Crippen LogP contribution in [0.4, 0.5) is 14.5 Å². The zero-order chi connectivity index (χ0) is 22.0. The van der Waals surface area contributed by atoms with Crippen LogP contribution in [0.5, 0.6) is 5.75 Å². The molecule has 156 valence electrons. The summed E-state index contributed by atoms with van der Waals surface area (Å²) >= 11 is 0. The molecule has 5 nitrogen and oxygen atoms in total. The van der Waals surface area contributed by atoms with Crippen molar-refractivity contribution in [2.45, 2.75) is 6.92 Å². The summed E-state index contributed by atoms with van der Waals surface area (Å²) in [5.41, 5.74) is 3.31. The normalized spacial score (nSPS) is 10.7. The van der Waals surface area contributed by atoms with E-state index >= 15 is 0 Å². The Labute approximate surface area is 177 Å². The lowest BCUT2D eigenvalue weighted by molar-refractivity contribution is 0.102. The molecule has 31 heavy (non-hydrogen) atoms. The molecule has 0 saturated carbocycles. The summed E-state index contributed by atoms with van der Waals surface area (Å²) in [6, 6.07) is 16.9. The van der Waals surface area contributed by atoms with Gasteiger partial charge in [0.05, 0.1) is 7.11 Å². The highest BCUT2D eigenvalue weighted by atomic mass is 19.1. The summed E-state index contributed by atoms with van der Waals surface area (Å²) in [4.78, 5) is 12.8. The summed E-state index contributed by atoms with van der Waals surface area (Å²) in [5, 5.41) is 7.12. The Morgan fingerprint density at radius 3 is 2.45 bits per heavy atom. The number of nitrogens with zero attached hydrogens (tertiary/aromatic N) is 2. The average molecular weight is 419 g/mol. The van der Waals surface area contributed by atoms with Crippen LogP contribution in [0.15, 0.2) is 72.9 Å². The van der Waals surface area contributed by atoms with Gasteiger partial charge in [0.1, 0.15) is 23.1 Å². The van der Waals surface area contributed by atoms with Gasteiger partial charge in [-0.05, 0) is 66.6 Å². The first-order chi connectivity index (χ1) is 14.9. The van der Waals surface area contributed by atoms with E-state index in [1.165, 1.54) is 42.5 Å². The molecule has 0 saturated heterocycles. The minimum absolute atomic E-state index is 0.179. The lowest BCUT2D eigenvalue weighted by atomic mass is 10.0. The number of carbonyl (C=O) groups excluding carboxylic acids is 1. The van der Waals surface area contributed by atoms with E-state index < -0.39 is 17.5 Å². The van der Waals surface area contributed by atoms with E-state index in [0.717, 1.165) is 5.56 Å². The second kappa shape index (κ2) is 8.39. The molecule has 0 spiro atoms. The van der Waals surface area contributed by atoms with Crippen molar-refractivity contribution >= 4 is 11.6 Å². The average Bonchev–Trinajstić information content (AvgIpc) is 3.26. The first kappa shape index (κ1) is 20.3. The number of hydrogen-bond acceptors (Lipinski definition) is 3. The number of aromatic nitrogens is 2. The number of methoxy groups -OCH3 is 1. The molecule has 0 bridgehead atoms. The van der Waals surface area contributed by atoms with Crippen LogP contribution >= 0.6 is 0 Å². The van der Waals surface area contributed by atoms with E-state index in [1.807, 2.05) is 25.1 Å². The smallest absolute Gasteiger partial charge is 0.276 e. The van der Waals surface area contributed by atoms with Crippen LogP contribution < -0.4 is 10.1 Å². The first-order valence-electron chi connectivity index (χ1n) is 9.52. The molecule has 0 atom stereocenters. The zero-order valence-electron chi connectivity index (χ0n) is 16.9. The topological polar surface area (TPSA) is 56.1 Å². The number of anilines is 1. The molecule has 0 fully saturated rings. The van der Waals surface area contributed by atoms with E-state index in [2.05, 4.69) is 10.4 Å². The number of amides is 1. The summed E-state index contributed by atoms with van der Waals surface area (Å²) in [6.07, 6.45) is 1.66. The van der Waals surface area contributed by atoms with Gasteiger partial charge in [-0.15, -0.1) is 0 Å². The molecule has 0 aliphatic heterocycles. The maximum Gasteiger partial charge on any atom is 0.276 e. The van der Waals surface area contributed by atoms with Gasteiger partial charge in [0.2, 0.25) is 0 Å². The third kappa shape index (κ3) is 4.30. The van der Waals surface area contributed by atoms with E-state index in [-0.39, 0.29) is 5.69 Å². The van der Waals surface area contributed by atoms with Gasteiger partial charge in [-0.2, -0.15) is 5.10 Å². The number of aryl methyl sites for hydroxylation is 1. The molecule has 3 aromatic carbocycles. The van der Waals surface area contributed by atoms with Crippen molar-refractivity contribution in [1.82, 2.24) is 9.78 Å². The van der Waals surface area contributed by atoms with Crippen molar-refractivity contribution in [3.63, 3.8) is 0 Å². The lowest BCUT2D eigenvalue weighted by Crippen LogP contribution is -2.14. The van der Waals surface area contributed by atoms with E-state index in [9.17, 15) is 13.6 Å². The molecular formula is C24H19F2N3O2. The standard InChI is InChI=1S/C24H19F2N3O2/c1-15-3-10-23(31-2)22(13-15)29-12-11-21(28-29)24(30)27-20-9-8-18(26)14-19(20)16-4-6-17(25)7-5-16/h3-14H,1-2H3,(H,27,30). The fraction of sp³-hybridized carbons (Fsp3) is 0.0833. The van der Waals surface area contributed by atoms with Crippen LogP contribution in [-0.2, 0) is 0 Å². The number of carbonyl (C=O) groups is 1. The third-order valence-electron chi connectivity index (χ3n) is 4.79. The van der Waals surface area contributed by atoms with Crippen LogP contribution in [0.25, 0.3) is 16.8 Å². The Bertz CT molecular complexity index is 1250. The van der Waals surface area contributed by atoms with Gasteiger partial charge >= 0.3 is 0 Å². The molecule has 7 heteroatoms. The van der Waals surface area contributed by atoms with Gasteiger partial charge < -0.3 is 10.1 Å². The first-order valence-corrected chi connectivity index (χ1v) is 9.52. The van der Waals surface area contributed by atoms with Gasteiger partial charge in [-0.25, -0.2) is 13.5 Å². The van der Waals surface area contributed by atoms with Crippen LogP contribution in [0.2, 0.25) is 0 Å². The van der Waals surface area contributed by atoms with Crippen molar-refractivity contribution in [2.75, 3.05) is 12.4 Å². The molecule has 0 radical (unpaired) electrons. The number of benzene rings is 3. The molecule has 1 amide bonds. The van der Waals surface area contributed by atoms with Crippen molar-refractivity contribution in [3.05, 3.63) is 95.8 Å². The van der Waals surface area contributed by atoms with Crippen molar-refractivity contribution < 1.29 is 18.3 Å². The molecule has 4 aromatic rings. The molecule has 0 unspecified atom stereocenters. The van der Waals surface area contributed by atoms with Gasteiger partial charge in [-0.3, -0.25) is 4.79 Å². The predicted molar refractivity (Wildman–Crippen MR) is 115 cm³/mol. The summed E-state index contributed by atoms with van der Waals surface area (Å²) in [6.45, 7) is 1.95. The van der Waals surface area contributed by atoms with Gasteiger partial charge in [0.15, 0.2) is 5.69 Å². The predicted octanol–water partition coefficient (Wildman–Crippen LogP) is 5.39. The fourth-order valence-corrected chi connectivity index (χ4v) is 3.24. The Kier molecular flexibility index (Phi) is 5.49. The van der Waals surface area contributed by atoms with E-state index in [0.29, 0.717) is 28.3 Å². The molecule has 4 rings (SSSR count). The number of halogens is 2. The Morgan fingerprint density at radius 2 is 1.71 bits per heavy atom. The highest BCUT2D eigenvalue weighted by Gasteiger charge is 2.15. The van der Waals surface area contributed by atoms with Crippen molar-refractivity contribution in [2.24, 2.45) is 0 Å². The van der Waals surface area contributed by atoms with Crippen LogP contribution in [0, 0.1) is 18.6 Å². The van der Waals surface area contributed by atoms with Gasteiger partial charge in [0.25, 0.3) is 5.91 Å². The highest BCUT2D eigenvalue weighted by Crippen LogP contribution is 2.30. The fourth-order valence-electron chi connectivity index (χ4n) is 3.24. The van der Waals surface area contributed by atoms with Gasteiger partial charge in [0, 0.05) is 17.4 Å². The maximum atomic E-state index is 13.9. The molecule has 1 N–H and O–H groups in total. The number of hydrogen-bond donors (Lipinski definition) is 1. The van der Waals surface area contributed by atoms with Crippen molar-refractivity contribution in [1.29, 1.82) is 0 Å². The highest BCUT2D eigenvalue weighted by molar-refractivity contribution is 6.05. The SMILES string of the molecule is COc1ccc(C)cc1-n1ccc(C(=O)Nc2ccc(F)cc2-c2ccc(F)cc2)n1. The third-order valence-corrected chi connectivity index (χ3v) is 4.79. The van der Waals surface area contributed by atoms with Crippen LogP contribution in [0.3, 0.4) is 0 Å². The van der Waals surface area contributed by atoms with Crippen LogP contribution in [0.1, 0.15) is 16.1 Å².